The lowest BCUT2D eigenvalue weighted by Gasteiger charge is -2.11. The number of hydrogen-bond donors (Lipinski definition) is 2. The van der Waals surface area contributed by atoms with Crippen molar-refractivity contribution in [1.82, 2.24) is 10.3 Å². The maximum Gasteiger partial charge on any atom is 0.257 e. The van der Waals surface area contributed by atoms with Gasteiger partial charge in [-0.15, -0.1) is 0 Å². The average Bonchev–Trinajstić information content (AvgIpc) is 3.22. The molecule has 0 fully saturated rings. The highest BCUT2D eigenvalue weighted by Gasteiger charge is 2.12. The maximum absolute atomic E-state index is 12.5. The largest absolute Gasteiger partial charge is 0.497 e. The average molecular weight is 462 g/mol. The topological polar surface area (TPSA) is 85.6 Å². The molecule has 7 nitrogen and oxygen atoms in total. The van der Waals surface area contributed by atoms with E-state index < -0.39 is 0 Å². The number of ether oxygens (including phenoxy) is 2. The maximum atomic E-state index is 12.5. The van der Waals surface area contributed by atoms with Crippen LogP contribution in [0, 0.1) is 0 Å². The predicted molar refractivity (Wildman–Crippen MR) is 132 cm³/mol. The number of fused-ring (bicyclic) bond motifs is 1. The number of oxazole rings is 1. The second-order valence-corrected chi connectivity index (χ2v) is 7.94. The molecule has 4 rings (SSSR count). The van der Waals surface area contributed by atoms with Crippen LogP contribution in [0.3, 0.4) is 0 Å². The van der Waals surface area contributed by atoms with Gasteiger partial charge in [0, 0.05) is 16.8 Å². The number of carbonyl (C=O) groups excluding carboxylic acids is 1. The summed E-state index contributed by atoms with van der Waals surface area (Å²) in [5, 5.41) is 5.87. The van der Waals surface area contributed by atoms with Gasteiger partial charge < -0.3 is 19.2 Å². The van der Waals surface area contributed by atoms with Gasteiger partial charge >= 0.3 is 0 Å². The first kappa shape index (κ1) is 22.3. The molecule has 0 spiro atoms. The second-order valence-electron chi connectivity index (χ2n) is 7.53. The van der Waals surface area contributed by atoms with Gasteiger partial charge in [-0.2, -0.15) is 0 Å². The number of anilines is 1. The number of hydrogen-bond acceptors (Lipinski definition) is 6. The molecule has 0 aliphatic heterocycles. The lowest BCUT2D eigenvalue weighted by Crippen LogP contribution is -2.34. The molecule has 0 aliphatic carbocycles. The van der Waals surface area contributed by atoms with Crippen molar-refractivity contribution < 1.29 is 18.7 Å². The van der Waals surface area contributed by atoms with Gasteiger partial charge in [0.05, 0.1) is 13.2 Å². The summed E-state index contributed by atoms with van der Waals surface area (Å²) in [4.78, 5) is 17.0. The van der Waals surface area contributed by atoms with Crippen LogP contribution < -0.4 is 20.1 Å². The number of methoxy groups -OCH3 is 1. The van der Waals surface area contributed by atoms with Crippen molar-refractivity contribution in [3.05, 3.63) is 72.3 Å². The van der Waals surface area contributed by atoms with E-state index in [2.05, 4.69) is 15.6 Å². The highest BCUT2D eigenvalue weighted by atomic mass is 32.1. The quantitative estimate of drug-likeness (QED) is 0.371. The van der Waals surface area contributed by atoms with Gasteiger partial charge in [0.1, 0.15) is 17.0 Å². The fourth-order valence-corrected chi connectivity index (χ4v) is 3.39. The van der Waals surface area contributed by atoms with Crippen LogP contribution in [0.5, 0.6) is 11.5 Å². The zero-order valence-corrected chi connectivity index (χ0v) is 19.2. The molecule has 0 aliphatic rings. The lowest BCUT2D eigenvalue weighted by atomic mass is 10.2. The van der Waals surface area contributed by atoms with Crippen LogP contribution in [0.1, 0.15) is 24.2 Å². The first-order valence-corrected chi connectivity index (χ1v) is 10.8. The van der Waals surface area contributed by atoms with E-state index in [0.29, 0.717) is 34.0 Å². The monoisotopic (exact) mass is 461 g/mol. The summed E-state index contributed by atoms with van der Waals surface area (Å²) >= 11 is 5.30. The van der Waals surface area contributed by atoms with Crippen molar-refractivity contribution in [3.8, 4) is 23.0 Å². The summed E-state index contributed by atoms with van der Waals surface area (Å²) in [6.07, 6.45) is 0.0649. The van der Waals surface area contributed by atoms with E-state index in [4.69, 9.17) is 26.1 Å². The van der Waals surface area contributed by atoms with Gasteiger partial charge in [-0.3, -0.25) is 10.1 Å². The molecule has 0 bridgehead atoms. The fourth-order valence-electron chi connectivity index (χ4n) is 3.18. The van der Waals surface area contributed by atoms with E-state index in [9.17, 15) is 4.79 Å². The van der Waals surface area contributed by atoms with Crippen molar-refractivity contribution >= 4 is 40.0 Å². The van der Waals surface area contributed by atoms with Crippen LogP contribution >= 0.6 is 12.2 Å². The molecular formula is C25H23N3O4S. The third-order valence-corrected chi connectivity index (χ3v) is 4.88. The summed E-state index contributed by atoms with van der Waals surface area (Å²) in [5.74, 6) is 1.60. The van der Waals surface area contributed by atoms with E-state index in [1.165, 1.54) is 0 Å². The number of carbonyl (C=O) groups is 1. The third-order valence-electron chi connectivity index (χ3n) is 4.68. The first-order chi connectivity index (χ1) is 15.9. The molecule has 1 heterocycles. The van der Waals surface area contributed by atoms with Crippen molar-refractivity contribution in [2.24, 2.45) is 0 Å². The number of aromatic nitrogens is 1. The van der Waals surface area contributed by atoms with Gasteiger partial charge in [-0.05, 0) is 86.7 Å². The van der Waals surface area contributed by atoms with Crippen molar-refractivity contribution in [3.63, 3.8) is 0 Å². The Kier molecular flexibility index (Phi) is 6.55. The van der Waals surface area contributed by atoms with Crippen LogP contribution in [0.25, 0.3) is 22.6 Å². The van der Waals surface area contributed by atoms with E-state index in [1.54, 1.807) is 49.6 Å². The number of amides is 1. The Morgan fingerprint density at radius 2 is 1.82 bits per heavy atom. The fraction of sp³-hybridized carbons (Fsp3) is 0.160. The van der Waals surface area contributed by atoms with Crippen molar-refractivity contribution in [1.29, 1.82) is 0 Å². The summed E-state index contributed by atoms with van der Waals surface area (Å²) in [7, 11) is 1.61. The predicted octanol–water partition coefficient (Wildman–Crippen LogP) is 5.42. The summed E-state index contributed by atoms with van der Waals surface area (Å²) in [6, 6.07) is 19.8. The minimum Gasteiger partial charge on any atom is -0.497 e. The summed E-state index contributed by atoms with van der Waals surface area (Å²) in [6.45, 7) is 3.89. The molecule has 0 radical (unpaired) electrons. The Morgan fingerprint density at radius 3 is 2.55 bits per heavy atom. The van der Waals surface area contributed by atoms with E-state index in [0.717, 1.165) is 11.3 Å². The molecule has 33 heavy (non-hydrogen) atoms. The number of nitrogens with one attached hydrogen (secondary N) is 2. The Balaban J connectivity index is 1.42. The number of rotatable bonds is 6. The minimum absolute atomic E-state index is 0.0649. The van der Waals surface area contributed by atoms with Gasteiger partial charge in [0.2, 0.25) is 5.89 Å². The molecule has 1 aromatic heterocycles. The first-order valence-electron chi connectivity index (χ1n) is 10.4. The second kappa shape index (κ2) is 9.70. The highest BCUT2D eigenvalue weighted by Crippen LogP contribution is 2.28. The molecule has 0 saturated carbocycles. The number of benzene rings is 3. The molecular weight excluding hydrogens is 438 g/mol. The molecule has 0 atom stereocenters. The molecule has 4 aromatic rings. The van der Waals surface area contributed by atoms with Gasteiger partial charge in [0.25, 0.3) is 5.91 Å². The van der Waals surface area contributed by atoms with Gasteiger partial charge in [-0.25, -0.2) is 4.98 Å². The Labute approximate surface area is 196 Å². The summed E-state index contributed by atoms with van der Waals surface area (Å²) in [5.41, 5.74) is 3.27. The zero-order valence-electron chi connectivity index (χ0n) is 18.4. The highest BCUT2D eigenvalue weighted by molar-refractivity contribution is 7.80. The minimum atomic E-state index is -0.313. The van der Waals surface area contributed by atoms with Crippen molar-refractivity contribution in [2.75, 3.05) is 12.4 Å². The normalized spacial score (nSPS) is 10.8. The number of thiocarbonyl (C=S) groups is 1. The van der Waals surface area contributed by atoms with Crippen LogP contribution in [-0.4, -0.2) is 29.2 Å². The van der Waals surface area contributed by atoms with E-state index in [1.807, 2.05) is 38.1 Å². The van der Waals surface area contributed by atoms with Crippen LogP contribution in [0.4, 0.5) is 5.69 Å². The molecule has 168 valence electrons. The van der Waals surface area contributed by atoms with Crippen LogP contribution in [0.2, 0.25) is 0 Å². The van der Waals surface area contributed by atoms with E-state index in [-0.39, 0.29) is 17.1 Å². The molecule has 1 amide bonds. The lowest BCUT2D eigenvalue weighted by molar-refractivity contribution is 0.0977. The Bertz CT molecular complexity index is 1300. The van der Waals surface area contributed by atoms with Gasteiger partial charge in [-0.1, -0.05) is 6.07 Å². The van der Waals surface area contributed by atoms with Crippen LogP contribution in [-0.2, 0) is 0 Å². The van der Waals surface area contributed by atoms with Crippen molar-refractivity contribution in [2.45, 2.75) is 20.0 Å². The third kappa shape index (κ3) is 5.48. The summed E-state index contributed by atoms with van der Waals surface area (Å²) < 4.78 is 16.7. The molecule has 2 N–H and O–H groups in total. The number of nitrogens with zero attached hydrogens (tertiary/aromatic N) is 1. The molecule has 0 unspecified atom stereocenters. The molecule has 0 saturated heterocycles. The Hall–Kier alpha value is -3.91. The Morgan fingerprint density at radius 1 is 1.03 bits per heavy atom. The molecule has 3 aromatic carbocycles. The SMILES string of the molecule is COc1cccc(-c2nc3cc(NC(=S)NC(=O)c4ccc(OC(C)C)cc4)ccc3o2)c1. The molecule has 8 heteroatoms. The smallest absolute Gasteiger partial charge is 0.257 e. The zero-order chi connectivity index (χ0) is 23.4. The van der Waals surface area contributed by atoms with Gasteiger partial charge in [0.15, 0.2) is 10.7 Å². The van der Waals surface area contributed by atoms with Crippen LogP contribution in [0.15, 0.2) is 71.1 Å². The standard InChI is InChI=1S/C25H23N3O4S/c1-15(2)31-19-10-7-16(8-11-19)23(29)28-25(33)26-18-9-12-22-21(14-18)27-24(32-22)17-5-4-6-20(13-17)30-3/h4-15H,1-3H3,(H2,26,28,29,33). The van der Waals surface area contributed by atoms with E-state index >= 15 is 0 Å².